The molecule has 0 aromatic rings. The van der Waals surface area contributed by atoms with Crippen molar-refractivity contribution in [3.8, 4) is 0 Å². The van der Waals surface area contributed by atoms with Crippen LogP contribution in [-0.4, -0.2) is 45.7 Å². The zero-order valence-corrected chi connectivity index (χ0v) is 12.4. The number of amides is 2. The second-order valence-electron chi connectivity index (χ2n) is 4.13. The Hall–Kier alpha value is -1.42. The number of hydrogen-bond donors (Lipinski definition) is 6. The lowest BCUT2D eigenvalue weighted by atomic mass is 10.1. The van der Waals surface area contributed by atoms with E-state index >= 15 is 0 Å². The van der Waals surface area contributed by atoms with Crippen molar-refractivity contribution in [3.63, 3.8) is 0 Å². The molecule has 1 heterocycles. The number of nitrogens with one attached hydrogen (secondary N) is 4. The highest BCUT2D eigenvalue weighted by molar-refractivity contribution is 8.13. The summed E-state index contributed by atoms with van der Waals surface area (Å²) in [5.41, 5.74) is 10.4. The Labute approximate surface area is 125 Å². The van der Waals surface area contributed by atoms with Gasteiger partial charge >= 0.3 is 0 Å². The molecule has 0 aromatic heterocycles. The topological polar surface area (TPSA) is 158 Å². The number of rotatable bonds is 6. The Balaban J connectivity index is 2.37. The highest BCUT2D eigenvalue weighted by Crippen LogP contribution is 2.11. The third kappa shape index (κ3) is 5.70. The van der Waals surface area contributed by atoms with Crippen molar-refractivity contribution in [3.05, 3.63) is 0 Å². The van der Waals surface area contributed by atoms with Gasteiger partial charge < -0.3 is 22.1 Å². The summed E-state index contributed by atoms with van der Waals surface area (Å²) in [7, 11) is 0. The number of piperazine rings is 1. The maximum Gasteiger partial charge on any atom is 0.243 e. The largest absolute Gasteiger partial charge is 0.379 e. The van der Waals surface area contributed by atoms with Crippen molar-refractivity contribution in [2.24, 2.45) is 11.5 Å². The summed E-state index contributed by atoms with van der Waals surface area (Å²) in [6.07, 6.45) is 0.855. The van der Waals surface area contributed by atoms with Gasteiger partial charge in [-0.1, -0.05) is 23.5 Å². The maximum atomic E-state index is 11.8. The molecule has 2 atom stereocenters. The van der Waals surface area contributed by atoms with Gasteiger partial charge in [-0.25, -0.2) is 0 Å². The second kappa shape index (κ2) is 8.00. The van der Waals surface area contributed by atoms with E-state index in [1.54, 1.807) is 0 Å². The molecule has 8 N–H and O–H groups in total. The van der Waals surface area contributed by atoms with Gasteiger partial charge in [-0.15, -0.1) is 0 Å². The van der Waals surface area contributed by atoms with E-state index in [0.29, 0.717) is 24.3 Å². The van der Waals surface area contributed by atoms with Crippen LogP contribution in [0.3, 0.4) is 0 Å². The number of nitrogens with two attached hydrogens (primary N) is 2. The molecule has 1 aliphatic rings. The van der Waals surface area contributed by atoms with Gasteiger partial charge in [0.25, 0.3) is 0 Å². The molecule has 0 saturated carbocycles. The van der Waals surface area contributed by atoms with Crippen LogP contribution in [0.1, 0.15) is 12.8 Å². The molecule has 8 nitrogen and oxygen atoms in total. The van der Waals surface area contributed by atoms with E-state index in [9.17, 15) is 9.59 Å². The standard InChI is InChI=1S/C10H18N6O2S2/c11-9(12)19-3-1-5-7(17)16-6(8(18)15-5)2-4-20-10(13)14/h5-6H,1-4H2,(H3,11,12)(H3,13,14)(H,15,18)(H,16,17)/t5-,6+. The molecule has 0 aliphatic carbocycles. The number of carbonyl (C=O) groups excluding carboxylic acids is 2. The van der Waals surface area contributed by atoms with Crippen LogP contribution in [0.2, 0.25) is 0 Å². The predicted molar refractivity (Wildman–Crippen MR) is 81.8 cm³/mol. The zero-order chi connectivity index (χ0) is 15.1. The van der Waals surface area contributed by atoms with Crippen LogP contribution in [0.4, 0.5) is 0 Å². The highest BCUT2D eigenvalue weighted by atomic mass is 32.2. The van der Waals surface area contributed by atoms with Gasteiger partial charge in [0.2, 0.25) is 11.8 Å². The number of thioether (sulfide) groups is 2. The van der Waals surface area contributed by atoms with Crippen LogP contribution in [0, 0.1) is 10.8 Å². The van der Waals surface area contributed by atoms with Crippen LogP contribution in [0.5, 0.6) is 0 Å². The molecule has 1 aliphatic heterocycles. The monoisotopic (exact) mass is 318 g/mol. The minimum atomic E-state index is -0.578. The minimum absolute atomic E-state index is 0.00771. The normalized spacial score (nSPS) is 22.0. The Morgan fingerprint density at radius 2 is 1.30 bits per heavy atom. The van der Waals surface area contributed by atoms with Gasteiger partial charge in [-0.2, -0.15) is 0 Å². The van der Waals surface area contributed by atoms with E-state index in [1.165, 1.54) is 0 Å². The lowest BCUT2D eigenvalue weighted by molar-refractivity contribution is -0.136. The van der Waals surface area contributed by atoms with Gasteiger partial charge in [-0.05, 0) is 12.8 Å². The molecule has 10 heteroatoms. The number of amidine groups is 2. The molecule has 1 rings (SSSR count). The molecule has 1 saturated heterocycles. The van der Waals surface area contributed by atoms with Crippen molar-refractivity contribution in [2.75, 3.05) is 11.5 Å². The number of hydrogen-bond acceptors (Lipinski definition) is 6. The van der Waals surface area contributed by atoms with Gasteiger partial charge in [0.1, 0.15) is 12.1 Å². The Bertz CT molecular complexity index is 379. The molecule has 1 fully saturated rings. The Kier molecular flexibility index (Phi) is 6.65. The molecule has 20 heavy (non-hydrogen) atoms. The molecule has 0 bridgehead atoms. The van der Waals surface area contributed by atoms with E-state index in [0.717, 1.165) is 23.5 Å². The first-order valence-corrected chi connectivity index (χ1v) is 7.91. The fourth-order valence-corrected chi connectivity index (χ4v) is 2.80. The van der Waals surface area contributed by atoms with Crippen LogP contribution in [0.25, 0.3) is 0 Å². The SMILES string of the molecule is N=C(N)SCC[C@@H]1NC(=O)[C@@H](CCSC(=N)N)NC1=O. The summed E-state index contributed by atoms with van der Waals surface area (Å²) in [5, 5.41) is 19.4. The van der Waals surface area contributed by atoms with Crippen molar-refractivity contribution in [2.45, 2.75) is 24.9 Å². The fourth-order valence-electron chi connectivity index (χ4n) is 1.66. The van der Waals surface area contributed by atoms with Crippen LogP contribution < -0.4 is 22.1 Å². The summed E-state index contributed by atoms with van der Waals surface area (Å²) in [5.74, 6) is 0.537. The third-order valence-electron chi connectivity index (χ3n) is 2.59. The van der Waals surface area contributed by atoms with Gasteiger partial charge in [0.05, 0.1) is 0 Å². The molecular formula is C10H18N6O2S2. The first kappa shape index (κ1) is 16.6. The minimum Gasteiger partial charge on any atom is -0.379 e. The van der Waals surface area contributed by atoms with Gasteiger partial charge in [-0.3, -0.25) is 20.4 Å². The van der Waals surface area contributed by atoms with Crippen LogP contribution in [0.15, 0.2) is 0 Å². The summed E-state index contributed by atoms with van der Waals surface area (Å²) < 4.78 is 0. The molecular weight excluding hydrogens is 300 g/mol. The van der Waals surface area contributed by atoms with E-state index in [4.69, 9.17) is 22.3 Å². The van der Waals surface area contributed by atoms with Crippen molar-refractivity contribution in [1.29, 1.82) is 10.8 Å². The summed E-state index contributed by atoms with van der Waals surface area (Å²) in [4.78, 5) is 23.7. The van der Waals surface area contributed by atoms with Gasteiger partial charge in [0, 0.05) is 11.5 Å². The van der Waals surface area contributed by atoms with Crippen LogP contribution in [-0.2, 0) is 9.59 Å². The highest BCUT2D eigenvalue weighted by Gasteiger charge is 2.32. The molecule has 0 spiro atoms. The summed E-state index contributed by atoms with van der Waals surface area (Å²) in [6.45, 7) is 0. The predicted octanol–water partition coefficient (Wildman–Crippen LogP) is -0.997. The molecule has 2 amide bonds. The van der Waals surface area contributed by atoms with Crippen molar-refractivity contribution >= 4 is 45.7 Å². The Morgan fingerprint density at radius 1 is 0.950 bits per heavy atom. The lowest BCUT2D eigenvalue weighted by Gasteiger charge is -2.29. The first-order valence-electron chi connectivity index (χ1n) is 5.94. The van der Waals surface area contributed by atoms with E-state index in [2.05, 4.69) is 10.6 Å². The van der Waals surface area contributed by atoms with Crippen molar-refractivity contribution in [1.82, 2.24) is 10.6 Å². The quantitative estimate of drug-likeness (QED) is 0.272. The Morgan fingerprint density at radius 3 is 1.60 bits per heavy atom. The summed E-state index contributed by atoms with van der Waals surface area (Å²) in [6, 6.07) is -1.16. The zero-order valence-electron chi connectivity index (χ0n) is 10.8. The average molecular weight is 318 g/mol. The van der Waals surface area contributed by atoms with E-state index in [-0.39, 0.29) is 22.1 Å². The van der Waals surface area contributed by atoms with E-state index in [1.807, 2.05) is 0 Å². The lowest BCUT2D eigenvalue weighted by Crippen LogP contribution is -2.61. The van der Waals surface area contributed by atoms with Crippen LogP contribution >= 0.6 is 23.5 Å². The maximum absolute atomic E-state index is 11.8. The third-order valence-corrected chi connectivity index (χ3v) is 4.10. The molecule has 0 radical (unpaired) electrons. The van der Waals surface area contributed by atoms with E-state index < -0.39 is 12.1 Å². The smallest absolute Gasteiger partial charge is 0.243 e. The summed E-state index contributed by atoms with van der Waals surface area (Å²) >= 11 is 2.27. The molecule has 0 unspecified atom stereocenters. The molecule has 112 valence electrons. The fraction of sp³-hybridized carbons (Fsp3) is 0.600. The average Bonchev–Trinajstić information content (AvgIpc) is 2.33. The number of carbonyl (C=O) groups is 2. The molecule has 0 aromatic carbocycles. The van der Waals surface area contributed by atoms with Crippen molar-refractivity contribution < 1.29 is 9.59 Å². The second-order valence-corrected chi connectivity index (χ2v) is 6.40. The van der Waals surface area contributed by atoms with Gasteiger partial charge in [0.15, 0.2) is 10.3 Å². The first-order chi connectivity index (χ1) is 9.40.